The van der Waals surface area contributed by atoms with Crippen LogP contribution in [0.5, 0.6) is 0 Å². The second-order valence-corrected chi connectivity index (χ2v) is 9.46. The first-order chi connectivity index (χ1) is 17.2. The third-order valence-electron chi connectivity index (χ3n) is 7.19. The average Bonchev–Trinajstić information content (AvgIpc) is 3.27. The van der Waals surface area contributed by atoms with Gasteiger partial charge >= 0.3 is 12.1 Å². The smallest absolute Gasteiger partial charge is 0.416 e. The molecule has 192 valence electrons. The highest BCUT2D eigenvalue weighted by molar-refractivity contribution is 6.08. The molecule has 0 saturated heterocycles. The largest absolute Gasteiger partial charge is 0.469 e. The number of aromatic nitrogens is 1. The van der Waals surface area contributed by atoms with Crippen molar-refractivity contribution in [3.8, 4) is 0 Å². The first-order valence-corrected chi connectivity index (χ1v) is 12.3. The van der Waals surface area contributed by atoms with Gasteiger partial charge in [-0.2, -0.15) is 13.2 Å². The Morgan fingerprint density at radius 1 is 1.06 bits per heavy atom. The maximum absolute atomic E-state index is 13.3. The van der Waals surface area contributed by atoms with Crippen LogP contribution in [0.4, 0.5) is 13.2 Å². The predicted molar refractivity (Wildman–Crippen MR) is 132 cm³/mol. The van der Waals surface area contributed by atoms with E-state index in [4.69, 9.17) is 4.74 Å². The van der Waals surface area contributed by atoms with Gasteiger partial charge in [-0.15, -0.1) is 0 Å². The maximum Gasteiger partial charge on any atom is 0.416 e. The number of halogens is 3. The number of nitrogens with one attached hydrogen (secondary N) is 1. The maximum atomic E-state index is 13.3. The van der Waals surface area contributed by atoms with Crippen LogP contribution in [0.15, 0.2) is 48.7 Å². The molecule has 0 aliphatic heterocycles. The lowest BCUT2D eigenvalue weighted by Crippen LogP contribution is -2.32. The Bertz CT molecular complexity index is 1220. The van der Waals surface area contributed by atoms with Crippen LogP contribution < -0.4 is 5.32 Å². The van der Waals surface area contributed by atoms with E-state index in [1.807, 2.05) is 35.9 Å². The van der Waals surface area contributed by atoms with Crippen LogP contribution in [0.3, 0.4) is 0 Å². The van der Waals surface area contributed by atoms with E-state index in [1.54, 1.807) is 0 Å². The molecule has 2 aromatic carbocycles. The van der Waals surface area contributed by atoms with Gasteiger partial charge in [0.15, 0.2) is 0 Å². The number of aryl methyl sites for hydroxylation is 1. The Kier molecular flexibility index (Phi) is 7.71. The van der Waals surface area contributed by atoms with Crippen LogP contribution in [0, 0.1) is 11.8 Å². The molecule has 0 radical (unpaired) electrons. The third-order valence-corrected chi connectivity index (χ3v) is 7.19. The number of alkyl halides is 3. The molecular weight excluding hydrogens is 469 g/mol. The molecule has 8 heteroatoms. The number of methoxy groups -OCH3 is 1. The summed E-state index contributed by atoms with van der Waals surface area (Å²) in [5.41, 5.74) is 2.45. The molecule has 0 atom stereocenters. The highest BCUT2D eigenvalue weighted by atomic mass is 19.4. The molecule has 1 fully saturated rings. The van der Waals surface area contributed by atoms with Gasteiger partial charge in [-0.3, -0.25) is 9.59 Å². The van der Waals surface area contributed by atoms with Crippen molar-refractivity contribution in [3.63, 3.8) is 0 Å². The standard InChI is InChI=1S/C28H31F3N2O3/c1-3-33-17-23(26(34)32-16-19-7-11-20(12-8-19)27(35)36-2)25-21(5-4-6-24(25)33)15-18-9-13-22(14-10-18)28(29,30)31/h4-6,9-10,13-14,17,19-20H,3,7-8,11-12,15-16H2,1-2H3,(H,32,34). The highest BCUT2D eigenvalue weighted by Gasteiger charge is 2.30. The Morgan fingerprint density at radius 2 is 1.75 bits per heavy atom. The third kappa shape index (κ3) is 5.58. The van der Waals surface area contributed by atoms with Crippen molar-refractivity contribution in [2.75, 3.05) is 13.7 Å². The number of carbonyl (C=O) groups excluding carboxylic acids is 2. The topological polar surface area (TPSA) is 60.3 Å². The lowest BCUT2D eigenvalue weighted by Gasteiger charge is -2.26. The van der Waals surface area contributed by atoms with E-state index in [0.29, 0.717) is 31.0 Å². The predicted octanol–water partition coefficient (Wildman–Crippen LogP) is 5.98. The molecule has 1 aliphatic rings. The zero-order chi connectivity index (χ0) is 25.9. The summed E-state index contributed by atoms with van der Waals surface area (Å²) >= 11 is 0. The van der Waals surface area contributed by atoms with Gasteiger partial charge in [0.05, 0.1) is 24.2 Å². The fourth-order valence-corrected chi connectivity index (χ4v) is 5.14. The number of fused-ring (bicyclic) bond motifs is 1. The summed E-state index contributed by atoms with van der Waals surface area (Å²) in [6, 6.07) is 11.0. The van der Waals surface area contributed by atoms with Gasteiger partial charge in [-0.25, -0.2) is 0 Å². The minimum Gasteiger partial charge on any atom is -0.469 e. The zero-order valence-electron chi connectivity index (χ0n) is 20.5. The van der Waals surface area contributed by atoms with E-state index < -0.39 is 11.7 Å². The van der Waals surface area contributed by atoms with E-state index in [0.717, 1.165) is 59.8 Å². The molecule has 0 bridgehead atoms. The van der Waals surface area contributed by atoms with Crippen molar-refractivity contribution in [2.45, 2.75) is 51.7 Å². The fourth-order valence-electron chi connectivity index (χ4n) is 5.14. The molecule has 36 heavy (non-hydrogen) atoms. The summed E-state index contributed by atoms with van der Waals surface area (Å²) in [7, 11) is 1.41. The van der Waals surface area contributed by atoms with Crippen LogP contribution >= 0.6 is 0 Å². The molecule has 5 nitrogen and oxygen atoms in total. The summed E-state index contributed by atoms with van der Waals surface area (Å²) in [4.78, 5) is 25.0. The Balaban J connectivity index is 1.52. The van der Waals surface area contributed by atoms with Gasteiger partial charge in [0.2, 0.25) is 0 Å². The molecule has 1 aromatic heterocycles. The number of amides is 1. The molecule has 0 spiro atoms. The van der Waals surface area contributed by atoms with Gasteiger partial charge in [-0.1, -0.05) is 24.3 Å². The number of hydrogen-bond donors (Lipinski definition) is 1. The van der Waals surface area contributed by atoms with Crippen molar-refractivity contribution in [1.29, 1.82) is 0 Å². The lowest BCUT2D eigenvalue weighted by molar-refractivity contribution is -0.146. The molecule has 1 heterocycles. The normalized spacial score (nSPS) is 18.2. The van der Waals surface area contributed by atoms with Crippen molar-refractivity contribution in [1.82, 2.24) is 9.88 Å². The minimum absolute atomic E-state index is 0.0581. The molecule has 3 aromatic rings. The van der Waals surface area contributed by atoms with E-state index in [1.165, 1.54) is 19.2 Å². The van der Waals surface area contributed by atoms with Crippen LogP contribution in [0.2, 0.25) is 0 Å². The van der Waals surface area contributed by atoms with Crippen LogP contribution in [0.1, 0.15) is 59.7 Å². The van der Waals surface area contributed by atoms with Crippen LogP contribution in [-0.4, -0.2) is 30.1 Å². The van der Waals surface area contributed by atoms with Crippen LogP contribution in [-0.2, 0) is 28.7 Å². The average molecular weight is 501 g/mol. The molecule has 1 saturated carbocycles. The number of hydrogen-bond acceptors (Lipinski definition) is 3. The molecule has 4 rings (SSSR count). The SMILES string of the molecule is CCn1cc(C(=O)NCC2CCC(C(=O)OC)CC2)c2c(Cc3ccc(C(F)(F)F)cc3)cccc21. The Labute approximate surface area is 208 Å². The number of ether oxygens (including phenoxy) is 1. The van der Waals surface area contributed by atoms with E-state index in [-0.39, 0.29) is 17.8 Å². The minimum atomic E-state index is -4.37. The summed E-state index contributed by atoms with van der Waals surface area (Å²) in [6.45, 7) is 3.22. The summed E-state index contributed by atoms with van der Waals surface area (Å²) in [5.74, 6) is -0.0779. The zero-order valence-corrected chi connectivity index (χ0v) is 20.5. The van der Waals surface area contributed by atoms with E-state index in [9.17, 15) is 22.8 Å². The number of carbonyl (C=O) groups is 2. The monoisotopic (exact) mass is 500 g/mol. The lowest BCUT2D eigenvalue weighted by atomic mass is 9.82. The Morgan fingerprint density at radius 3 is 2.36 bits per heavy atom. The number of esters is 1. The van der Waals surface area contributed by atoms with E-state index in [2.05, 4.69) is 5.32 Å². The van der Waals surface area contributed by atoms with Crippen molar-refractivity contribution in [2.24, 2.45) is 11.8 Å². The van der Waals surface area contributed by atoms with Crippen LogP contribution in [0.25, 0.3) is 10.9 Å². The van der Waals surface area contributed by atoms with Gasteiger partial charge in [0.1, 0.15) is 0 Å². The second-order valence-electron chi connectivity index (χ2n) is 9.46. The number of nitrogens with zero attached hydrogens (tertiary/aromatic N) is 1. The molecule has 0 unspecified atom stereocenters. The van der Waals surface area contributed by atoms with Crippen molar-refractivity contribution >= 4 is 22.8 Å². The highest BCUT2D eigenvalue weighted by Crippen LogP contribution is 2.32. The molecule has 1 N–H and O–H groups in total. The van der Waals surface area contributed by atoms with E-state index >= 15 is 0 Å². The number of benzene rings is 2. The molecule has 1 amide bonds. The van der Waals surface area contributed by atoms with Gasteiger partial charge in [-0.05, 0) is 74.3 Å². The first-order valence-electron chi connectivity index (χ1n) is 12.3. The Hall–Kier alpha value is -3.29. The fraction of sp³-hybridized carbons (Fsp3) is 0.429. The first kappa shape index (κ1) is 25.8. The molecular formula is C28H31F3N2O3. The summed E-state index contributed by atoms with van der Waals surface area (Å²) in [6.07, 6.45) is 1.14. The summed E-state index contributed by atoms with van der Waals surface area (Å²) in [5, 5.41) is 3.90. The second kappa shape index (κ2) is 10.8. The quantitative estimate of drug-likeness (QED) is 0.406. The summed E-state index contributed by atoms with van der Waals surface area (Å²) < 4.78 is 45.7. The molecule has 1 aliphatic carbocycles. The van der Waals surface area contributed by atoms with Crippen molar-refractivity contribution < 1.29 is 27.5 Å². The van der Waals surface area contributed by atoms with Gasteiger partial charge < -0.3 is 14.6 Å². The van der Waals surface area contributed by atoms with Crippen molar-refractivity contribution in [3.05, 3.63) is 70.9 Å². The number of rotatable bonds is 7. The van der Waals surface area contributed by atoms with Gasteiger partial charge in [0.25, 0.3) is 5.91 Å². The van der Waals surface area contributed by atoms with Gasteiger partial charge in [0, 0.05) is 30.2 Å².